The molecule has 0 spiro atoms. The van der Waals surface area contributed by atoms with Crippen molar-refractivity contribution in [1.82, 2.24) is 4.90 Å². The van der Waals surface area contributed by atoms with E-state index in [1.165, 1.54) is 25.7 Å². The second-order valence-electron chi connectivity index (χ2n) is 6.26. The maximum atomic E-state index is 12.2. The number of sulfonamides is 1. The average Bonchev–Trinajstić information content (AvgIpc) is 2.98. The second-order valence-corrected chi connectivity index (χ2v) is 7.91. The first kappa shape index (κ1) is 15.8. The van der Waals surface area contributed by atoms with Gasteiger partial charge in [-0.1, -0.05) is 25.7 Å². The van der Waals surface area contributed by atoms with Crippen molar-refractivity contribution in [1.29, 1.82) is 0 Å². The molecule has 116 valence electrons. The summed E-state index contributed by atoms with van der Waals surface area (Å²) in [6.45, 7) is 0.683. The molecule has 20 heavy (non-hydrogen) atoms. The van der Waals surface area contributed by atoms with Gasteiger partial charge in [-0.15, -0.1) is 0 Å². The highest BCUT2D eigenvalue weighted by molar-refractivity contribution is 7.89. The zero-order valence-electron chi connectivity index (χ0n) is 12.1. The Kier molecular flexibility index (Phi) is 5.43. The predicted octanol–water partition coefficient (Wildman–Crippen LogP) is 1.63. The molecule has 1 atom stereocenters. The number of nitrogens with zero attached hydrogens (tertiary/aromatic N) is 1. The van der Waals surface area contributed by atoms with Gasteiger partial charge in [0.2, 0.25) is 15.9 Å². The molecule has 5 nitrogen and oxygen atoms in total. The molecule has 2 N–H and O–H groups in total. The van der Waals surface area contributed by atoms with Crippen LogP contribution in [-0.2, 0) is 14.8 Å². The van der Waals surface area contributed by atoms with Crippen LogP contribution in [0.2, 0.25) is 0 Å². The van der Waals surface area contributed by atoms with Gasteiger partial charge in [-0.25, -0.2) is 13.6 Å². The quantitative estimate of drug-likeness (QED) is 0.809. The molecule has 0 aromatic heterocycles. The lowest BCUT2D eigenvalue weighted by atomic mass is 10.0. The molecule has 6 heteroatoms. The van der Waals surface area contributed by atoms with Crippen molar-refractivity contribution >= 4 is 15.9 Å². The van der Waals surface area contributed by atoms with E-state index in [0.29, 0.717) is 13.0 Å². The van der Waals surface area contributed by atoms with Gasteiger partial charge in [-0.3, -0.25) is 4.79 Å². The molecule has 1 saturated carbocycles. The molecular weight excluding hydrogens is 276 g/mol. The van der Waals surface area contributed by atoms with E-state index in [4.69, 9.17) is 5.14 Å². The first-order valence-corrected chi connectivity index (χ1v) is 9.47. The molecule has 2 fully saturated rings. The molecule has 1 unspecified atom stereocenters. The molecule has 1 saturated heterocycles. The van der Waals surface area contributed by atoms with Crippen molar-refractivity contribution in [2.24, 2.45) is 11.1 Å². The number of hydrogen-bond acceptors (Lipinski definition) is 3. The van der Waals surface area contributed by atoms with Gasteiger partial charge in [0.05, 0.1) is 5.75 Å². The molecule has 2 aliphatic rings. The summed E-state index contributed by atoms with van der Waals surface area (Å²) in [6.07, 6.45) is 9.55. The Bertz CT molecular complexity index is 430. The molecule has 0 bridgehead atoms. The van der Waals surface area contributed by atoms with Gasteiger partial charge >= 0.3 is 0 Å². The van der Waals surface area contributed by atoms with Crippen LogP contribution in [0, 0.1) is 5.92 Å². The van der Waals surface area contributed by atoms with Gasteiger partial charge in [-0.05, 0) is 31.6 Å². The van der Waals surface area contributed by atoms with E-state index < -0.39 is 10.0 Å². The largest absolute Gasteiger partial charge is 0.339 e. The van der Waals surface area contributed by atoms with Gasteiger partial charge in [0.15, 0.2) is 0 Å². The van der Waals surface area contributed by atoms with E-state index in [9.17, 15) is 13.2 Å². The fourth-order valence-corrected chi connectivity index (χ4v) is 4.47. The average molecular weight is 302 g/mol. The summed E-state index contributed by atoms with van der Waals surface area (Å²) in [4.78, 5) is 13.9. The number of hydrogen-bond donors (Lipinski definition) is 1. The normalized spacial score (nSPS) is 24.4. The first-order valence-electron chi connectivity index (χ1n) is 7.75. The van der Waals surface area contributed by atoms with Crippen molar-refractivity contribution < 1.29 is 13.2 Å². The van der Waals surface area contributed by atoms with E-state index in [2.05, 4.69) is 0 Å². The van der Waals surface area contributed by atoms with Crippen molar-refractivity contribution in [3.63, 3.8) is 0 Å². The molecule has 0 radical (unpaired) electrons. The maximum absolute atomic E-state index is 12.2. The number of amides is 1. The first-order chi connectivity index (χ1) is 9.46. The molecule has 0 aromatic carbocycles. The summed E-state index contributed by atoms with van der Waals surface area (Å²) in [6, 6.07) is -0.205. The third-order valence-corrected chi connectivity index (χ3v) is 5.45. The smallest absolute Gasteiger partial charge is 0.222 e. The van der Waals surface area contributed by atoms with Crippen LogP contribution in [0.5, 0.6) is 0 Å². The Labute approximate surface area is 121 Å². The molecule has 1 aliphatic carbocycles. The van der Waals surface area contributed by atoms with Crippen LogP contribution >= 0.6 is 0 Å². The Morgan fingerprint density at radius 3 is 2.50 bits per heavy atom. The molecule has 1 aliphatic heterocycles. The fraction of sp³-hybridized carbons (Fsp3) is 0.929. The van der Waals surface area contributed by atoms with E-state index >= 15 is 0 Å². The lowest BCUT2D eigenvalue weighted by Gasteiger charge is -2.24. The third-order valence-electron chi connectivity index (χ3n) is 4.60. The van der Waals surface area contributed by atoms with E-state index in [1.807, 2.05) is 0 Å². The highest BCUT2D eigenvalue weighted by Crippen LogP contribution is 2.29. The summed E-state index contributed by atoms with van der Waals surface area (Å²) in [5, 5.41) is 5.09. The molecule has 0 aromatic rings. The number of carbonyl (C=O) groups excluding carboxylic acids is 1. The topological polar surface area (TPSA) is 80.5 Å². The van der Waals surface area contributed by atoms with Gasteiger partial charge in [0, 0.05) is 19.0 Å². The molecule has 1 amide bonds. The van der Waals surface area contributed by atoms with Gasteiger partial charge in [0.25, 0.3) is 0 Å². The van der Waals surface area contributed by atoms with Crippen LogP contribution in [0.1, 0.15) is 57.8 Å². The van der Waals surface area contributed by atoms with E-state index in [1.54, 1.807) is 4.90 Å². The third kappa shape index (κ3) is 4.74. The summed E-state index contributed by atoms with van der Waals surface area (Å²) in [7, 11) is -3.50. The van der Waals surface area contributed by atoms with Crippen molar-refractivity contribution in [3.05, 3.63) is 0 Å². The van der Waals surface area contributed by atoms with Gasteiger partial charge in [0.1, 0.15) is 0 Å². The summed E-state index contributed by atoms with van der Waals surface area (Å²) < 4.78 is 22.4. The summed E-state index contributed by atoms with van der Waals surface area (Å²) >= 11 is 0. The minimum Gasteiger partial charge on any atom is -0.339 e. The zero-order valence-corrected chi connectivity index (χ0v) is 12.9. The SMILES string of the molecule is NS(=O)(=O)CC1CCCN1C(=O)CCCC1CCCC1. The second kappa shape index (κ2) is 6.89. The monoisotopic (exact) mass is 302 g/mol. The zero-order chi connectivity index (χ0) is 14.6. The minimum absolute atomic E-state index is 0.0959. The predicted molar refractivity (Wildman–Crippen MR) is 78.5 cm³/mol. The van der Waals surface area contributed by atoms with Crippen LogP contribution < -0.4 is 5.14 Å². The van der Waals surface area contributed by atoms with Crippen molar-refractivity contribution in [3.8, 4) is 0 Å². The maximum Gasteiger partial charge on any atom is 0.222 e. The lowest BCUT2D eigenvalue weighted by molar-refractivity contribution is -0.131. The van der Waals surface area contributed by atoms with Crippen LogP contribution in [-0.4, -0.2) is 37.6 Å². The Balaban J connectivity index is 1.75. The Hall–Kier alpha value is -0.620. The van der Waals surface area contributed by atoms with Crippen molar-refractivity contribution in [2.75, 3.05) is 12.3 Å². The lowest BCUT2D eigenvalue weighted by Crippen LogP contribution is -2.41. The van der Waals surface area contributed by atoms with E-state index in [-0.39, 0.29) is 17.7 Å². The van der Waals surface area contributed by atoms with Crippen LogP contribution in [0.3, 0.4) is 0 Å². The number of likely N-dealkylation sites (tertiary alicyclic amines) is 1. The van der Waals surface area contributed by atoms with Gasteiger partial charge < -0.3 is 4.90 Å². The molecule has 2 rings (SSSR count). The Morgan fingerprint density at radius 1 is 1.15 bits per heavy atom. The number of carbonyl (C=O) groups is 1. The van der Waals surface area contributed by atoms with Crippen LogP contribution in [0.25, 0.3) is 0 Å². The minimum atomic E-state index is -3.50. The highest BCUT2D eigenvalue weighted by atomic mass is 32.2. The van der Waals surface area contributed by atoms with Gasteiger partial charge in [-0.2, -0.15) is 0 Å². The summed E-state index contributed by atoms with van der Waals surface area (Å²) in [5.74, 6) is 0.817. The Morgan fingerprint density at radius 2 is 1.85 bits per heavy atom. The molecular formula is C14H26N2O3S. The fourth-order valence-electron chi connectivity index (χ4n) is 3.59. The summed E-state index contributed by atoms with van der Waals surface area (Å²) in [5.41, 5.74) is 0. The molecule has 1 heterocycles. The standard InChI is InChI=1S/C14H26N2O3S/c15-20(18,19)11-13-8-4-10-16(13)14(17)9-3-7-12-5-1-2-6-12/h12-13H,1-11H2,(H2,15,18,19). The number of primary sulfonamides is 1. The van der Waals surface area contributed by atoms with Crippen LogP contribution in [0.4, 0.5) is 0 Å². The van der Waals surface area contributed by atoms with Crippen molar-refractivity contribution in [2.45, 2.75) is 63.8 Å². The number of rotatable bonds is 6. The van der Waals surface area contributed by atoms with Crippen LogP contribution in [0.15, 0.2) is 0 Å². The number of nitrogens with two attached hydrogens (primary N) is 1. The van der Waals surface area contributed by atoms with E-state index in [0.717, 1.165) is 31.6 Å². The highest BCUT2D eigenvalue weighted by Gasteiger charge is 2.31.